The van der Waals surface area contributed by atoms with Gasteiger partial charge < -0.3 is 19.3 Å². The van der Waals surface area contributed by atoms with Gasteiger partial charge in [0.1, 0.15) is 12.3 Å². The van der Waals surface area contributed by atoms with Gasteiger partial charge in [0.25, 0.3) is 5.69 Å². The molecule has 1 aromatic heterocycles. The summed E-state index contributed by atoms with van der Waals surface area (Å²) in [5, 5.41) is 15.4. The largest absolute Gasteiger partial charge is 0.467 e. The van der Waals surface area contributed by atoms with Gasteiger partial charge in [0, 0.05) is 34.9 Å². The minimum Gasteiger partial charge on any atom is -0.467 e. The number of nitrogens with zero attached hydrogens (tertiary/aromatic N) is 2. The lowest BCUT2D eigenvalue weighted by Gasteiger charge is -2.31. The molecule has 29 heavy (non-hydrogen) atoms. The molecule has 2 aliphatic rings. The number of carbonyl (C=O) groups excluding carboxylic acids is 1. The summed E-state index contributed by atoms with van der Waals surface area (Å²) in [5.41, 5.74) is 2.43. The van der Waals surface area contributed by atoms with Crippen molar-refractivity contribution in [1.29, 1.82) is 0 Å². The molecule has 152 valence electrons. The van der Waals surface area contributed by atoms with Gasteiger partial charge in [0.2, 0.25) is 5.91 Å². The molecule has 1 N–H and O–H groups in total. The van der Waals surface area contributed by atoms with Crippen LogP contribution in [0.4, 0.5) is 5.69 Å². The number of nitrogens with one attached hydrogen (secondary N) is 1. The quantitative estimate of drug-likeness (QED) is 0.453. The van der Waals surface area contributed by atoms with Gasteiger partial charge in [-0.1, -0.05) is 0 Å². The molecular weight excluding hydrogens is 394 g/mol. The van der Waals surface area contributed by atoms with Gasteiger partial charge in [-0.05, 0) is 22.9 Å². The Morgan fingerprint density at radius 3 is 2.90 bits per heavy atom. The van der Waals surface area contributed by atoms with Gasteiger partial charge in [-0.15, -0.1) is 0 Å². The van der Waals surface area contributed by atoms with Crippen molar-refractivity contribution in [3.8, 4) is 5.75 Å². The molecule has 0 unspecified atom stereocenters. The van der Waals surface area contributed by atoms with Gasteiger partial charge in [-0.25, -0.2) is 0 Å². The first-order valence-corrected chi connectivity index (χ1v) is 10.4. The molecule has 1 fully saturated rings. The van der Waals surface area contributed by atoms with E-state index >= 15 is 0 Å². The van der Waals surface area contributed by atoms with E-state index in [4.69, 9.17) is 9.47 Å². The molecular formula is C20H22N3O5S+. The van der Waals surface area contributed by atoms with Gasteiger partial charge in [-0.2, -0.15) is 11.3 Å². The van der Waals surface area contributed by atoms with Crippen molar-refractivity contribution < 1.29 is 24.1 Å². The van der Waals surface area contributed by atoms with Crippen molar-refractivity contribution in [3.05, 3.63) is 61.8 Å². The maximum absolute atomic E-state index is 12.6. The van der Waals surface area contributed by atoms with Crippen LogP contribution in [0, 0.1) is 10.1 Å². The summed E-state index contributed by atoms with van der Waals surface area (Å²) in [6, 6.07) is 5.02. The van der Waals surface area contributed by atoms with Crippen molar-refractivity contribution in [1.82, 2.24) is 4.90 Å². The number of nitro benzene ring substituents is 1. The molecule has 9 heteroatoms. The number of hydrogen-bond donors (Lipinski definition) is 1. The number of thiophene rings is 1. The van der Waals surface area contributed by atoms with Gasteiger partial charge in [-0.3, -0.25) is 14.9 Å². The highest BCUT2D eigenvalue weighted by molar-refractivity contribution is 7.07. The van der Waals surface area contributed by atoms with Crippen LogP contribution in [0.1, 0.15) is 16.7 Å². The molecule has 1 saturated heterocycles. The lowest BCUT2D eigenvalue weighted by molar-refractivity contribution is -0.917. The van der Waals surface area contributed by atoms with Crippen LogP contribution in [0.2, 0.25) is 0 Å². The maximum atomic E-state index is 12.6. The molecule has 0 aliphatic carbocycles. The zero-order valence-corrected chi connectivity index (χ0v) is 16.7. The number of benzene rings is 1. The number of amides is 1. The molecule has 1 aromatic carbocycles. The maximum Gasteiger partial charge on any atom is 0.270 e. The molecule has 2 aromatic rings. The van der Waals surface area contributed by atoms with E-state index in [0.29, 0.717) is 30.0 Å². The minimum absolute atomic E-state index is 0.0457. The Balaban J connectivity index is 1.41. The van der Waals surface area contributed by atoms with Crippen LogP contribution in [0.15, 0.2) is 35.0 Å². The Bertz CT molecular complexity index is 920. The smallest absolute Gasteiger partial charge is 0.270 e. The Labute approximate surface area is 172 Å². The average Bonchev–Trinajstić information content (AvgIpc) is 3.25. The summed E-state index contributed by atoms with van der Waals surface area (Å²) in [4.78, 5) is 26.6. The number of rotatable bonds is 5. The first-order chi connectivity index (χ1) is 14.1. The lowest BCUT2D eigenvalue weighted by Crippen LogP contribution is -3.13. The van der Waals surface area contributed by atoms with Crippen molar-refractivity contribution in [2.24, 2.45) is 0 Å². The van der Waals surface area contributed by atoms with Crippen molar-refractivity contribution in [2.45, 2.75) is 13.2 Å². The number of fused-ring (bicyclic) bond motifs is 1. The highest BCUT2D eigenvalue weighted by atomic mass is 32.1. The van der Waals surface area contributed by atoms with E-state index in [1.807, 2.05) is 4.90 Å². The van der Waals surface area contributed by atoms with E-state index in [1.54, 1.807) is 17.4 Å². The van der Waals surface area contributed by atoms with E-state index in [9.17, 15) is 14.9 Å². The molecule has 0 saturated carbocycles. The number of ether oxygens (including phenoxy) is 2. The van der Waals surface area contributed by atoms with Crippen LogP contribution in [0.25, 0.3) is 6.08 Å². The number of carbonyl (C=O) groups is 1. The van der Waals surface area contributed by atoms with Crippen LogP contribution in [0.5, 0.6) is 5.75 Å². The van der Waals surface area contributed by atoms with Crippen molar-refractivity contribution >= 4 is 29.0 Å². The zero-order valence-electron chi connectivity index (χ0n) is 15.8. The summed E-state index contributed by atoms with van der Waals surface area (Å²) in [6.07, 6.45) is 3.08. The predicted molar refractivity (Wildman–Crippen MR) is 108 cm³/mol. The summed E-state index contributed by atoms with van der Waals surface area (Å²) in [6.45, 7) is 4.53. The molecule has 0 bridgehead atoms. The first kappa shape index (κ1) is 19.6. The van der Waals surface area contributed by atoms with Crippen LogP contribution in [-0.4, -0.2) is 48.7 Å². The van der Waals surface area contributed by atoms with Gasteiger partial charge >= 0.3 is 0 Å². The van der Waals surface area contributed by atoms with E-state index in [1.165, 1.54) is 28.7 Å². The molecule has 0 atom stereocenters. The summed E-state index contributed by atoms with van der Waals surface area (Å²) >= 11 is 1.70. The monoisotopic (exact) mass is 416 g/mol. The number of non-ortho nitro benzene ring substituents is 1. The molecule has 4 rings (SSSR count). The third kappa shape index (κ3) is 4.64. The number of hydrogen-bond acceptors (Lipinski definition) is 6. The Hall–Kier alpha value is -2.75. The van der Waals surface area contributed by atoms with Gasteiger partial charge in [0.05, 0.1) is 37.7 Å². The number of piperazine rings is 1. The van der Waals surface area contributed by atoms with E-state index in [2.05, 4.69) is 16.8 Å². The van der Waals surface area contributed by atoms with E-state index in [0.717, 1.165) is 19.6 Å². The van der Waals surface area contributed by atoms with Crippen LogP contribution >= 0.6 is 11.3 Å². The van der Waals surface area contributed by atoms with E-state index < -0.39 is 4.92 Å². The molecule has 2 aliphatic heterocycles. The molecule has 0 spiro atoms. The summed E-state index contributed by atoms with van der Waals surface area (Å²) in [7, 11) is 0. The second kappa shape index (κ2) is 8.73. The topological polar surface area (TPSA) is 86.3 Å². The summed E-state index contributed by atoms with van der Waals surface area (Å²) in [5.74, 6) is 0.447. The van der Waals surface area contributed by atoms with Crippen LogP contribution in [0.3, 0.4) is 0 Å². The fourth-order valence-corrected chi connectivity index (χ4v) is 4.30. The Morgan fingerprint density at radius 2 is 2.17 bits per heavy atom. The molecule has 1 amide bonds. The first-order valence-electron chi connectivity index (χ1n) is 9.43. The number of nitro groups is 1. The highest BCUT2D eigenvalue weighted by Gasteiger charge is 2.23. The standard InChI is InChI=1S/C20H21N3O5S/c24-19(22-6-4-21(5-7-22)11-15-3-8-29-13-15)2-1-16-9-18(23(25)26)10-17-12-27-14-28-20(16)17/h1-3,8-10,13H,4-7,11-12,14H2/p+1/b2-1+. The molecule has 3 heterocycles. The predicted octanol–water partition coefficient (Wildman–Crippen LogP) is 1.46. The third-order valence-corrected chi connectivity index (χ3v) is 5.89. The molecule has 8 nitrogen and oxygen atoms in total. The van der Waals surface area contributed by atoms with Gasteiger partial charge in [0.15, 0.2) is 6.79 Å². The zero-order chi connectivity index (χ0) is 20.2. The fraction of sp³-hybridized carbons (Fsp3) is 0.350. The van der Waals surface area contributed by atoms with Crippen molar-refractivity contribution in [3.63, 3.8) is 0 Å². The van der Waals surface area contributed by atoms with Crippen LogP contribution < -0.4 is 9.64 Å². The van der Waals surface area contributed by atoms with E-state index in [-0.39, 0.29) is 25.0 Å². The average molecular weight is 416 g/mol. The normalized spacial score (nSPS) is 17.2. The Morgan fingerprint density at radius 1 is 1.34 bits per heavy atom. The highest BCUT2D eigenvalue weighted by Crippen LogP contribution is 2.33. The van der Waals surface area contributed by atoms with Crippen molar-refractivity contribution in [2.75, 3.05) is 33.0 Å². The lowest BCUT2D eigenvalue weighted by atomic mass is 10.1. The SMILES string of the molecule is O=C(/C=C/c1cc([N+](=O)[O-])cc2c1OCOC2)N1CC[NH+](Cc2ccsc2)CC1. The van der Waals surface area contributed by atoms with Crippen LogP contribution in [-0.2, 0) is 22.7 Å². The summed E-state index contributed by atoms with van der Waals surface area (Å²) < 4.78 is 10.7. The second-order valence-corrected chi connectivity index (χ2v) is 7.89. The Kier molecular flexibility index (Phi) is 5.89. The number of quaternary nitrogens is 1. The minimum atomic E-state index is -0.455. The fourth-order valence-electron chi connectivity index (χ4n) is 3.63. The molecule has 0 radical (unpaired) electrons. The second-order valence-electron chi connectivity index (χ2n) is 7.11. The third-order valence-electron chi connectivity index (χ3n) is 5.16.